The van der Waals surface area contributed by atoms with Crippen molar-refractivity contribution in [2.75, 3.05) is 13.2 Å². The maximum absolute atomic E-state index is 12.5. The zero-order valence-corrected chi connectivity index (χ0v) is 20.3. The minimum atomic E-state index is -0.814. The number of ether oxygens (including phenoxy) is 2. The zero-order chi connectivity index (χ0) is 27.2. The molecular formula is C27H23N3O8. The van der Waals surface area contributed by atoms with Gasteiger partial charge >= 0.3 is 5.97 Å². The van der Waals surface area contributed by atoms with Gasteiger partial charge in [0.05, 0.1) is 17.4 Å². The van der Waals surface area contributed by atoms with Gasteiger partial charge in [-0.2, -0.15) is 0 Å². The summed E-state index contributed by atoms with van der Waals surface area (Å²) >= 11 is 0. The van der Waals surface area contributed by atoms with Crippen LogP contribution in [0.25, 0.3) is 0 Å². The van der Waals surface area contributed by atoms with Gasteiger partial charge in [-0.3, -0.25) is 39.7 Å². The molecule has 0 aliphatic carbocycles. The molecule has 3 aromatic carbocycles. The number of esters is 1. The number of nitro benzene ring substituents is 1. The molecule has 1 unspecified atom stereocenters. The lowest BCUT2D eigenvalue weighted by atomic mass is 10.1. The first-order valence-corrected chi connectivity index (χ1v) is 11.6. The molecule has 11 nitrogen and oxygen atoms in total. The molecule has 1 heterocycles. The molecule has 1 aliphatic rings. The van der Waals surface area contributed by atoms with Gasteiger partial charge in [0.15, 0.2) is 12.4 Å². The number of benzene rings is 3. The molecule has 1 N–H and O–H groups in total. The van der Waals surface area contributed by atoms with E-state index in [1.807, 2.05) is 13.0 Å². The first-order chi connectivity index (χ1) is 18.2. The van der Waals surface area contributed by atoms with Crippen LogP contribution >= 0.6 is 0 Å². The largest absolute Gasteiger partial charge is 0.457 e. The van der Waals surface area contributed by atoms with Crippen LogP contribution in [-0.2, 0) is 14.3 Å². The first kappa shape index (κ1) is 26.0. The van der Waals surface area contributed by atoms with Crippen LogP contribution < -0.4 is 10.2 Å². The SMILES string of the molecule is Cc1cccc(C(=O)NN2CC(C(=O)OCC(=O)c3ccc(Oc4ccc([N+](=O)[O-])cc4)cc3)CC2=O)c1. The molecule has 1 fully saturated rings. The highest BCUT2D eigenvalue weighted by atomic mass is 16.6. The molecule has 194 valence electrons. The van der Waals surface area contributed by atoms with Crippen molar-refractivity contribution >= 4 is 29.3 Å². The van der Waals surface area contributed by atoms with E-state index < -0.39 is 41.0 Å². The van der Waals surface area contributed by atoms with Crippen LogP contribution in [-0.4, -0.2) is 46.7 Å². The Morgan fingerprint density at radius 2 is 1.66 bits per heavy atom. The highest BCUT2D eigenvalue weighted by Gasteiger charge is 2.36. The average Bonchev–Trinajstić information content (AvgIpc) is 3.27. The number of carbonyl (C=O) groups excluding carboxylic acids is 4. The molecule has 0 bridgehead atoms. The fourth-order valence-corrected chi connectivity index (χ4v) is 3.77. The number of hydrogen-bond acceptors (Lipinski definition) is 8. The fourth-order valence-electron chi connectivity index (χ4n) is 3.77. The van der Waals surface area contributed by atoms with Crippen LogP contribution in [0.2, 0.25) is 0 Å². The Labute approximate surface area is 217 Å². The van der Waals surface area contributed by atoms with Gasteiger partial charge in [-0.05, 0) is 55.5 Å². The van der Waals surface area contributed by atoms with Crippen LogP contribution in [0.4, 0.5) is 5.69 Å². The van der Waals surface area contributed by atoms with E-state index in [2.05, 4.69) is 5.43 Å². The van der Waals surface area contributed by atoms with Crippen molar-refractivity contribution in [3.05, 3.63) is 99.6 Å². The molecule has 1 saturated heterocycles. The standard InChI is InChI=1S/C27H23N3O8/c1-17-3-2-4-19(13-17)26(33)28-29-15-20(14-25(29)32)27(34)37-16-24(31)18-5-9-22(10-6-18)38-23-11-7-21(8-12-23)30(35)36/h2-13,20H,14-16H2,1H3,(H,28,33). The Balaban J connectivity index is 1.26. The van der Waals surface area contributed by atoms with Gasteiger partial charge in [0.1, 0.15) is 11.5 Å². The highest BCUT2D eigenvalue weighted by molar-refractivity contribution is 5.99. The Kier molecular flexibility index (Phi) is 7.76. The van der Waals surface area contributed by atoms with E-state index in [0.29, 0.717) is 17.1 Å². The van der Waals surface area contributed by atoms with E-state index in [1.54, 1.807) is 30.3 Å². The minimum absolute atomic E-state index is 0.0574. The van der Waals surface area contributed by atoms with Gasteiger partial charge in [0.2, 0.25) is 5.91 Å². The second-order valence-corrected chi connectivity index (χ2v) is 8.62. The van der Waals surface area contributed by atoms with Crippen molar-refractivity contribution in [1.29, 1.82) is 0 Å². The van der Waals surface area contributed by atoms with Crippen LogP contribution in [0, 0.1) is 23.0 Å². The molecule has 0 aromatic heterocycles. The van der Waals surface area contributed by atoms with Gasteiger partial charge in [-0.15, -0.1) is 0 Å². The summed E-state index contributed by atoms with van der Waals surface area (Å²) in [5, 5.41) is 11.8. The summed E-state index contributed by atoms with van der Waals surface area (Å²) in [4.78, 5) is 59.9. The number of aryl methyl sites for hydroxylation is 1. The summed E-state index contributed by atoms with van der Waals surface area (Å²) < 4.78 is 10.7. The number of ketones is 1. The molecule has 1 aliphatic heterocycles. The van der Waals surface area contributed by atoms with Crippen LogP contribution in [0.1, 0.15) is 32.7 Å². The third kappa shape index (κ3) is 6.38. The Morgan fingerprint density at radius 1 is 1.00 bits per heavy atom. The predicted molar refractivity (Wildman–Crippen MR) is 133 cm³/mol. The topological polar surface area (TPSA) is 145 Å². The quantitative estimate of drug-likeness (QED) is 0.196. The molecule has 0 radical (unpaired) electrons. The first-order valence-electron chi connectivity index (χ1n) is 11.6. The second-order valence-electron chi connectivity index (χ2n) is 8.62. The minimum Gasteiger partial charge on any atom is -0.457 e. The van der Waals surface area contributed by atoms with Crippen molar-refractivity contribution in [3.8, 4) is 11.5 Å². The van der Waals surface area contributed by atoms with Crippen molar-refractivity contribution < 1.29 is 33.6 Å². The molecule has 0 spiro atoms. The Morgan fingerprint density at radius 3 is 2.29 bits per heavy atom. The van der Waals surface area contributed by atoms with Crippen LogP contribution in [0.3, 0.4) is 0 Å². The molecule has 3 aromatic rings. The number of carbonyl (C=O) groups is 4. The maximum Gasteiger partial charge on any atom is 0.311 e. The van der Waals surface area contributed by atoms with Gasteiger partial charge in [-0.25, -0.2) is 0 Å². The number of rotatable bonds is 9. The monoisotopic (exact) mass is 517 g/mol. The highest BCUT2D eigenvalue weighted by Crippen LogP contribution is 2.24. The number of non-ortho nitro benzene ring substituents is 1. The van der Waals surface area contributed by atoms with E-state index in [4.69, 9.17) is 9.47 Å². The van der Waals surface area contributed by atoms with Gasteiger partial charge in [0, 0.05) is 29.7 Å². The van der Waals surface area contributed by atoms with E-state index >= 15 is 0 Å². The van der Waals surface area contributed by atoms with Crippen LogP contribution in [0.5, 0.6) is 11.5 Å². The predicted octanol–water partition coefficient (Wildman–Crippen LogP) is 3.61. The van der Waals surface area contributed by atoms with Gasteiger partial charge < -0.3 is 9.47 Å². The van der Waals surface area contributed by atoms with E-state index in [-0.39, 0.29) is 24.2 Å². The number of Topliss-reactive ketones (excluding diaryl/α,β-unsaturated/α-hetero) is 1. The number of nitrogens with zero attached hydrogens (tertiary/aromatic N) is 2. The lowest BCUT2D eigenvalue weighted by molar-refractivity contribution is -0.384. The van der Waals surface area contributed by atoms with E-state index in [9.17, 15) is 29.3 Å². The van der Waals surface area contributed by atoms with Gasteiger partial charge in [-0.1, -0.05) is 17.7 Å². The lowest BCUT2D eigenvalue weighted by Gasteiger charge is -2.17. The molecule has 0 saturated carbocycles. The lowest BCUT2D eigenvalue weighted by Crippen LogP contribution is -2.43. The van der Waals surface area contributed by atoms with Crippen molar-refractivity contribution in [2.24, 2.45) is 5.92 Å². The Hall–Kier alpha value is -5.06. The second kappa shape index (κ2) is 11.3. The third-order valence-corrected chi connectivity index (χ3v) is 5.78. The summed E-state index contributed by atoms with van der Waals surface area (Å²) in [6.07, 6.45) is -0.143. The van der Waals surface area contributed by atoms with Gasteiger partial charge in [0.25, 0.3) is 11.6 Å². The molecule has 38 heavy (non-hydrogen) atoms. The van der Waals surface area contributed by atoms with Crippen LogP contribution in [0.15, 0.2) is 72.8 Å². The zero-order valence-electron chi connectivity index (χ0n) is 20.3. The van der Waals surface area contributed by atoms with E-state index in [0.717, 1.165) is 10.6 Å². The Bertz CT molecular complexity index is 1390. The number of hydrazine groups is 1. The van der Waals surface area contributed by atoms with Crippen molar-refractivity contribution in [3.63, 3.8) is 0 Å². The smallest absolute Gasteiger partial charge is 0.311 e. The molecule has 1 atom stereocenters. The molecule has 11 heteroatoms. The number of nitrogens with one attached hydrogen (secondary N) is 1. The van der Waals surface area contributed by atoms with Crippen molar-refractivity contribution in [2.45, 2.75) is 13.3 Å². The van der Waals surface area contributed by atoms with Crippen molar-refractivity contribution in [1.82, 2.24) is 10.4 Å². The summed E-state index contributed by atoms with van der Waals surface area (Å²) in [5.74, 6) is -2.07. The summed E-state index contributed by atoms with van der Waals surface area (Å²) in [7, 11) is 0. The summed E-state index contributed by atoms with van der Waals surface area (Å²) in [5.41, 5.74) is 4.01. The average molecular weight is 517 g/mol. The molecule has 4 rings (SSSR count). The number of hydrogen-bond donors (Lipinski definition) is 1. The fraction of sp³-hybridized carbons (Fsp3) is 0.185. The summed E-state index contributed by atoms with van der Waals surface area (Å²) in [6, 6.07) is 18.5. The van der Waals surface area contributed by atoms with E-state index in [1.165, 1.54) is 36.4 Å². The maximum atomic E-state index is 12.5. The number of nitro groups is 1. The molecule has 2 amide bonds. The normalized spacial score (nSPS) is 14.6. The number of amides is 2. The molecular weight excluding hydrogens is 494 g/mol. The summed E-state index contributed by atoms with van der Waals surface area (Å²) in [6.45, 7) is 1.27. The third-order valence-electron chi connectivity index (χ3n) is 5.78.